The molecule has 2 N–H and O–H groups in total. The molecule has 22 heavy (non-hydrogen) atoms. The van der Waals surface area contributed by atoms with E-state index in [1.165, 1.54) is 19.2 Å². The number of carbonyl (C=O) groups excluding carboxylic acids is 1. The summed E-state index contributed by atoms with van der Waals surface area (Å²) in [7, 11) is 1.33. The van der Waals surface area contributed by atoms with Crippen LogP contribution in [-0.4, -0.2) is 29.9 Å². The van der Waals surface area contributed by atoms with Crippen LogP contribution in [0.3, 0.4) is 0 Å². The van der Waals surface area contributed by atoms with Gasteiger partial charge in [0.15, 0.2) is 11.6 Å². The summed E-state index contributed by atoms with van der Waals surface area (Å²) in [4.78, 5) is 22.7. The quantitative estimate of drug-likeness (QED) is 0.873. The van der Waals surface area contributed by atoms with E-state index in [-0.39, 0.29) is 5.75 Å². The number of benzene rings is 1. The van der Waals surface area contributed by atoms with Gasteiger partial charge in [-0.2, -0.15) is 0 Å². The number of halogens is 1. The second-order valence-electron chi connectivity index (χ2n) is 5.69. The Labute approximate surface area is 128 Å². The number of hydrogen-bond donors (Lipinski definition) is 2. The number of amides is 1. The first-order valence-corrected chi connectivity index (χ1v) is 6.67. The number of rotatable bonds is 5. The van der Waals surface area contributed by atoms with Crippen LogP contribution < -0.4 is 10.1 Å². The van der Waals surface area contributed by atoms with Crippen LogP contribution in [0.1, 0.15) is 38.8 Å². The van der Waals surface area contributed by atoms with Crippen molar-refractivity contribution in [2.75, 3.05) is 7.11 Å². The average molecular weight is 313 g/mol. The van der Waals surface area contributed by atoms with Crippen molar-refractivity contribution in [1.29, 1.82) is 0 Å². The lowest BCUT2D eigenvalue weighted by molar-refractivity contribution is -0.137. The van der Waals surface area contributed by atoms with E-state index in [0.29, 0.717) is 5.56 Å². The molecule has 1 aromatic rings. The van der Waals surface area contributed by atoms with Crippen molar-refractivity contribution in [1.82, 2.24) is 5.32 Å². The highest BCUT2D eigenvalue weighted by molar-refractivity contribution is 5.72. The topological polar surface area (TPSA) is 84.9 Å². The Hall–Kier alpha value is -2.31. The number of carboxylic acid groups (broad SMARTS) is 1. The third kappa shape index (κ3) is 5.59. The van der Waals surface area contributed by atoms with Crippen LogP contribution in [0.5, 0.6) is 5.75 Å². The third-order valence-corrected chi connectivity index (χ3v) is 2.65. The van der Waals surface area contributed by atoms with E-state index >= 15 is 0 Å². The van der Waals surface area contributed by atoms with Crippen LogP contribution >= 0.6 is 0 Å². The van der Waals surface area contributed by atoms with Crippen LogP contribution in [0.2, 0.25) is 0 Å². The Balaban J connectivity index is 2.95. The normalized spacial score (nSPS) is 12.4. The molecule has 0 radical (unpaired) electrons. The van der Waals surface area contributed by atoms with Gasteiger partial charge in [-0.1, -0.05) is 6.07 Å². The second-order valence-corrected chi connectivity index (χ2v) is 5.69. The minimum Gasteiger partial charge on any atom is -0.494 e. The molecule has 1 atom stereocenters. The molecule has 1 rings (SSSR count). The van der Waals surface area contributed by atoms with Crippen molar-refractivity contribution in [3.63, 3.8) is 0 Å². The van der Waals surface area contributed by atoms with Gasteiger partial charge in [0.2, 0.25) is 0 Å². The Bertz CT molecular complexity index is 553. The van der Waals surface area contributed by atoms with Gasteiger partial charge in [0, 0.05) is 0 Å². The Kier molecular flexibility index (Phi) is 5.73. The predicted octanol–water partition coefficient (Wildman–Crippen LogP) is 2.87. The number of alkyl carbamates (subject to hydrolysis) is 1. The molecule has 0 aliphatic heterocycles. The van der Waals surface area contributed by atoms with Crippen molar-refractivity contribution in [3.8, 4) is 5.75 Å². The van der Waals surface area contributed by atoms with Crippen molar-refractivity contribution < 1.29 is 28.6 Å². The standard InChI is InChI=1S/C15H20FNO5/c1-15(2,3)22-14(20)17-11(8-13(18)19)9-5-6-12(21-4)10(16)7-9/h5-7,11H,8H2,1-4H3,(H,17,20)(H,18,19). The Morgan fingerprint density at radius 2 is 2.00 bits per heavy atom. The zero-order chi connectivity index (χ0) is 16.9. The minimum atomic E-state index is -1.13. The molecule has 122 valence electrons. The Morgan fingerprint density at radius 3 is 2.45 bits per heavy atom. The first kappa shape index (κ1) is 17.7. The van der Waals surface area contributed by atoms with Gasteiger partial charge < -0.3 is 19.9 Å². The molecular weight excluding hydrogens is 293 g/mol. The summed E-state index contributed by atoms with van der Waals surface area (Å²) in [6.45, 7) is 5.06. The molecule has 0 aliphatic rings. The van der Waals surface area contributed by atoms with E-state index in [1.54, 1.807) is 20.8 Å². The van der Waals surface area contributed by atoms with Gasteiger partial charge in [-0.05, 0) is 38.5 Å². The third-order valence-electron chi connectivity index (χ3n) is 2.65. The fourth-order valence-corrected chi connectivity index (χ4v) is 1.78. The average Bonchev–Trinajstić information content (AvgIpc) is 2.35. The van der Waals surface area contributed by atoms with Crippen molar-refractivity contribution in [3.05, 3.63) is 29.6 Å². The number of aliphatic carboxylic acids is 1. The highest BCUT2D eigenvalue weighted by Gasteiger charge is 2.23. The summed E-state index contributed by atoms with van der Waals surface area (Å²) in [5.74, 6) is -1.73. The number of hydrogen-bond acceptors (Lipinski definition) is 4. The van der Waals surface area contributed by atoms with Crippen LogP contribution in [0.4, 0.5) is 9.18 Å². The molecule has 0 saturated carbocycles. The summed E-state index contributed by atoms with van der Waals surface area (Å²) in [5.41, 5.74) is -0.408. The van der Waals surface area contributed by atoms with Crippen LogP contribution in [-0.2, 0) is 9.53 Å². The Morgan fingerprint density at radius 1 is 1.36 bits per heavy atom. The number of nitrogens with one attached hydrogen (secondary N) is 1. The van der Waals surface area contributed by atoms with Gasteiger partial charge in [0.1, 0.15) is 5.60 Å². The number of ether oxygens (including phenoxy) is 2. The van der Waals surface area contributed by atoms with E-state index in [0.717, 1.165) is 6.07 Å². The summed E-state index contributed by atoms with van der Waals surface area (Å²) in [6, 6.07) is 3.08. The smallest absolute Gasteiger partial charge is 0.408 e. The van der Waals surface area contributed by atoms with Gasteiger partial charge in [0.25, 0.3) is 0 Å². The fourth-order valence-electron chi connectivity index (χ4n) is 1.78. The maximum atomic E-state index is 13.7. The zero-order valence-corrected chi connectivity index (χ0v) is 13.0. The second kappa shape index (κ2) is 7.11. The van der Waals surface area contributed by atoms with Crippen molar-refractivity contribution >= 4 is 12.1 Å². The van der Waals surface area contributed by atoms with E-state index in [9.17, 15) is 14.0 Å². The molecule has 1 amide bonds. The lowest BCUT2D eigenvalue weighted by Gasteiger charge is -2.23. The minimum absolute atomic E-state index is 0.0371. The molecule has 0 fully saturated rings. The van der Waals surface area contributed by atoms with E-state index in [1.807, 2.05) is 0 Å². The van der Waals surface area contributed by atoms with E-state index < -0.39 is 35.9 Å². The first-order chi connectivity index (χ1) is 10.1. The molecule has 1 unspecified atom stereocenters. The number of carbonyl (C=O) groups is 2. The highest BCUT2D eigenvalue weighted by atomic mass is 19.1. The van der Waals surface area contributed by atoms with Gasteiger partial charge in [0.05, 0.1) is 19.6 Å². The maximum absolute atomic E-state index is 13.7. The molecule has 0 bridgehead atoms. The van der Waals surface area contributed by atoms with E-state index in [2.05, 4.69) is 5.32 Å². The molecule has 0 heterocycles. The molecule has 0 spiro atoms. The van der Waals surface area contributed by atoms with Crippen LogP contribution in [0.25, 0.3) is 0 Å². The molecule has 0 aromatic heterocycles. The van der Waals surface area contributed by atoms with Crippen molar-refractivity contribution in [2.45, 2.75) is 38.8 Å². The molecule has 7 heteroatoms. The lowest BCUT2D eigenvalue weighted by Crippen LogP contribution is -2.35. The van der Waals surface area contributed by atoms with Gasteiger partial charge in [-0.15, -0.1) is 0 Å². The zero-order valence-electron chi connectivity index (χ0n) is 13.0. The molecule has 6 nitrogen and oxygen atoms in total. The number of carboxylic acids is 1. The van der Waals surface area contributed by atoms with Gasteiger partial charge in [-0.3, -0.25) is 4.79 Å². The molecule has 0 saturated heterocycles. The van der Waals surface area contributed by atoms with Crippen molar-refractivity contribution in [2.24, 2.45) is 0 Å². The van der Waals surface area contributed by atoms with Gasteiger partial charge >= 0.3 is 12.1 Å². The summed E-state index contributed by atoms with van der Waals surface area (Å²) in [6.07, 6.45) is -1.17. The van der Waals surface area contributed by atoms with Crippen LogP contribution in [0.15, 0.2) is 18.2 Å². The number of methoxy groups -OCH3 is 1. The maximum Gasteiger partial charge on any atom is 0.408 e. The summed E-state index contributed by atoms with van der Waals surface area (Å²) >= 11 is 0. The monoisotopic (exact) mass is 313 g/mol. The lowest BCUT2D eigenvalue weighted by atomic mass is 10.0. The molecule has 1 aromatic carbocycles. The summed E-state index contributed by atoms with van der Waals surface area (Å²) < 4.78 is 23.6. The molecule has 0 aliphatic carbocycles. The first-order valence-electron chi connectivity index (χ1n) is 6.67. The van der Waals surface area contributed by atoms with Gasteiger partial charge in [-0.25, -0.2) is 9.18 Å². The largest absolute Gasteiger partial charge is 0.494 e. The predicted molar refractivity (Wildman–Crippen MR) is 77.3 cm³/mol. The SMILES string of the molecule is COc1ccc(C(CC(=O)O)NC(=O)OC(C)(C)C)cc1F. The fraction of sp³-hybridized carbons (Fsp3) is 0.467. The highest BCUT2D eigenvalue weighted by Crippen LogP contribution is 2.24. The molecular formula is C15H20FNO5. The summed E-state index contributed by atoms with van der Waals surface area (Å²) in [5, 5.41) is 11.4. The van der Waals surface area contributed by atoms with Crippen LogP contribution in [0, 0.1) is 5.82 Å². The van der Waals surface area contributed by atoms with E-state index in [4.69, 9.17) is 14.6 Å².